The lowest BCUT2D eigenvalue weighted by molar-refractivity contribution is -0.126. The van der Waals surface area contributed by atoms with Gasteiger partial charge in [0.15, 0.2) is 0 Å². The zero-order valence-corrected chi connectivity index (χ0v) is 10.4. The number of hydrogen-bond donors (Lipinski definition) is 2. The summed E-state index contributed by atoms with van der Waals surface area (Å²) >= 11 is 1.61. The maximum Gasteiger partial charge on any atom is 0.223 e. The van der Waals surface area contributed by atoms with Crippen molar-refractivity contribution in [1.29, 1.82) is 0 Å². The van der Waals surface area contributed by atoms with Gasteiger partial charge in [0.1, 0.15) is 0 Å². The fraction of sp³-hybridized carbons (Fsp3) is 0.636. The highest BCUT2D eigenvalue weighted by Crippen LogP contribution is 2.16. The van der Waals surface area contributed by atoms with Crippen LogP contribution in [0.3, 0.4) is 0 Å². The van der Waals surface area contributed by atoms with Crippen molar-refractivity contribution >= 4 is 17.2 Å². The maximum atomic E-state index is 11.8. The molecule has 0 aliphatic carbocycles. The summed E-state index contributed by atoms with van der Waals surface area (Å²) < 4.78 is 0. The van der Waals surface area contributed by atoms with E-state index in [0.717, 1.165) is 23.8 Å². The highest BCUT2D eigenvalue weighted by Gasteiger charge is 2.28. The van der Waals surface area contributed by atoms with Gasteiger partial charge in [0.05, 0.1) is 17.2 Å². The fourth-order valence-electron chi connectivity index (χ4n) is 1.71. The maximum absolute atomic E-state index is 11.8. The van der Waals surface area contributed by atoms with E-state index in [1.807, 2.05) is 19.2 Å². The molecule has 16 heavy (non-hydrogen) atoms. The molecule has 1 atom stereocenters. The molecule has 1 unspecified atom stereocenters. The average Bonchev–Trinajstić information content (AvgIpc) is 2.58. The van der Waals surface area contributed by atoms with Crippen molar-refractivity contribution in [2.75, 3.05) is 13.1 Å². The van der Waals surface area contributed by atoms with Gasteiger partial charge in [-0.3, -0.25) is 4.79 Å². The van der Waals surface area contributed by atoms with Crippen LogP contribution in [-0.4, -0.2) is 24.0 Å². The molecule has 1 aromatic rings. The van der Waals surface area contributed by atoms with E-state index in [-0.39, 0.29) is 11.8 Å². The van der Waals surface area contributed by atoms with Crippen molar-refractivity contribution in [2.45, 2.75) is 20.4 Å². The van der Waals surface area contributed by atoms with Gasteiger partial charge in [0.2, 0.25) is 5.91 Å². The van der Waals surface area contributed by atoms with Crippen molar-refractivity contribution in [1.82, 2.24) is 15.6 Å². The third-order valence-corrected chi connectivity index (χ3v) is 3.87. The van der Waals surface area contributed by atoms with E-state index >= 15 is 0 Å². The molecule has 1 aliphatic rings. The molecule has 2 heterocycles. The second kappa shape index (κ2) is 4.93. The van der Waals surface area contributed by atoms with Gasteiger partial charge in [-0.15, -0.1) is 11.3 Å². The zero-order valence-electron chi connectivity index (χ0n) is 9.62. The van der Waals surface area contributed by atoms with E-state index in [4.69, 9.17) is 0 Å². The van der Waals surface area contributed by atoms with E-state index in [9.17, 15) is 4.79 Å². The number of carbonyl (C=O) groups excluding carboxylic acids is 1. The van der Waals surface area contributed by atoms with Crippen LogP contribution in [0.5, 0.6) is 0 Å². The minimum absolute atomic E-state index is 0.0981. The van der Waals surface area contributed by atoms with Gasteiger partial charge >= 0.3 is 0 Å². The van der Waals surface area contributed by atoms with Crippen LogP contribution in [-0.2, 0) is 11.3 Å². The Hall–Kier alpha value is -0.940. The molecule has 2 rings (SSSR count). The van der Waals surface area contributed by atoms with E-state index < -0.39 is 0 Å². The van der Waals surface area contributed by atoms with Gasteiger partial charge in [-0.25, -0.2) is 4.98 Å². The highest BCUT2D eigenvalue weighted by molar-refractivity contribution is 7.09. The van der Waals surface area contributed by atoms with Crippen LogP contribution >= 0.6 is 11.3 Å². The minimum Gasteiger partial charge on any atom is -0.350 e. The minimum atomic E-state index is 0.0981. The van der Waals surface area contributed by atoms with Crippen LogP contribution in [0.25, 0.3) is 0 Å². The first kappa shape index (κ1) is 11.5. The van der Waals surface area contributed by atoms with Gasteiger partial charge < -0.3 is 10.6 Å². The van der Waals surface area contributed by atoms with E-state index in [2.05, 4.69) is 15.6 Å². The first-order valence-corrected chi connectivity index (χ1v) is 6.44. The number of rotatable bonds is 4. The molecule has 5 heteroatoms. The zero-order chi connectivity index (χ0) is 11.5. The normalized spacial score (nSPS) is 17.9. The summed E-state index contributed by atoms with van der Waals surface area (Å²) in [6.07, 6.45) is 0. The molecular formula is C11H17N3OS. The van der Waals surface area contributed by atoms with Crippen molar-refractivity contribution < 1.29 is 4.79 Å². The molecule has 0 bridgehead atoms. The molecule has 2 N–H and O–H groups in total. The lowest BCUT2D eigenvalue weighted by Crippen LogP contribution is -2.49. The van der Waals surface area contributed by atoms with E-state index in [1.54, 1.807) is 11.3 Å². The topological polar surface area (TPSA) is 54.0 Å². The molecular weight excluding hydrogens is 222 g/mol. The highest BCUT2D eigenvalue weighted by atomic mass is 32.1. The lowest BCUT2D eigenvalue weighted by Gasteiger charge is -2.31. The van der Waals surface area contributed by atoms with E-state index in [0.29, 0.717) is 12.5 Å². The number of amides is 1. The predicted molar refractivity (Wildman–Crippen MR) is 64.2 cm³/mol. The van der Waals surface area contributed by atoms with Crippen LogP contribution in [0, 0.1) is 18.8 Å². The van der Waals surface area contributed by atoms with Crippen LogP contribution in [0.15, 0.2) is 5.38 Å². The number of thiazole rings is 1. The van der Waals surface area contributed by atoms with Crippen molar-refractivity contribution in [2.24, 2.45) is 11.8 Å². The molecule has 0 saturated carbocycles. The summed E-state index contributed by atoms with van der Waals surface area (Å²) in [4.78, 5) is 16.1. The Morgan fingerprint density at radius 3 is 3.00 bits per heavy atom. The van der Waals surface area contributed by atoms with Crippen LogP contribution in [0.4, 0.5) is 0 Å². The molecule has 0 aromatic carbocycles. The van der Waals surface area contributed by atoms with Crippen molar-refractivity contribution in [3.05, 3.63) is 16.1 Å². The van der Waals surface area contributed by atoms with Crippen LogP contribution in [0.2, 0.25) is 0 Å². The number of aryl methyl sites for hydroxylation is 1. The van der Waals surface area contributed by atoms with Gasteiger partial charge in [0.25, 0.3) is 0 Å². The number of nitrogens with one attached hydrogen (secondary N) is 2. The fourth-order valence-corrected chi connectivity index (χ4v) is 2.32. The first-order chi connectivity index (χ1) is 7.66. The van der Waals surface area contributed by atoms with Gasteiger partial charge in [-0.1, -0.05) is 6.92 Å². The summed E-state index contributed by atoms with van der Waals surface area (Å²) in [5.41, 5.74) is 0.954. The molecule has 0 spiro atoms. The average molecular weight is 239 g/mol. The van der Waals surface area contributed by atoms with Gasteiger partial charge in [-0.2, -0.15) is 0 Å². The van der Waals surface area contributed by atoms with Crippen LogP contribution in [0.1, 0.15) is 17.6 Å². The smallest absolute Gasteiger partial charge is 0.223 e. The monoisotopic (exact) mass is 239 g/mol. The Balaban J connectivity index is 1.78. The van der Waals surface area contributed by atoms with E-state index in [1.165, 1.54) is 0 Å². The van der Waals surface area contributed by atoms with Crippen molar-refractivity contribution in [3.63, 3.8) is 0 Å². The quantitative estimate of drug-likeness (QED) is 0.821. The number of nitrogens with zero attached hydrogens (tertiary/aromatic N) is 1. The largest absolute Gasteiger partial charge is 0.350 e. The second-order valence-corrected chi connectivity index (χ2v) is 5.34. The Kier molecular flexibility index (Phi) is 3.56. The molecule has 1 aliphatic heterocycles. The Bertz CT molecular complexity index is 373. The summed E-state index contributed by atoms with van der Waals surface area (Å²) in [7, 11) is 0. The SMILES string of the molecule is Cc1nc(CNC(=O)C(C)C2CNC2)cs1. The standard InChI is InChI=1S/C11H17N3OS/c1-7(9-3-12-4-9)11(15)13-5-10-6-16-8(2)14-10/h6-7,9,12H,3-5H2,1-2H3,(H,13,15). The third kappa shape index (κ3) is 2.59. The molecule has 88 valence electrons. The second-order valence-electron chi connectivity index (χ2n) is 4.28. The molecule has 1 amide bonds. The van der Waals surface area contributed by atoms with Crippen molar-refractivity contribution in [3.8, 4) is 0 Å². The predicted octanol–water partition coefficient (Wildman–Crippen LogP) is 0.923. The van der Waals surface area contributed by atoms with Gasteiger partial charge in [0, 0.05) is 11.3 Å². The summed E-state index contributed by atoms with van der Waals surface area (Å²) in [6, 6.07) is 0. The Labute approximate surface area is 99.5 Å². The third-order valence-electron chi connectivity index (χ3n) is 3.04. The Morgan fingerprint density at radius 1 is 1.75 bits per heavy atom. The summed E-state index contributed by atoms with van der Waals surface area (Å²) in [6.45, 7) is 6.44. The van der Waals surface area contributed by atoms with Crippen LogP contribution < -0.4 is 10.6 Å². The molecule has 1 aromatic heterocycles. The number of carbonyl (C=O) groups is 1. The first-order valence-electron chi connectivity index (χ1n) is 5.56. The Morgan fingerprint density at radius 2 is 2.50 bits per heavy atom. The summed E-state index contributed by atoms with van der Waals surface area (Å²) in [5, 5.41) is 9.16. The number of hydrogen-bond acceptors (Lipinski definition) is 4. The number of aromatic nitrogens is 1. The summed E-state index contributed by atoms with van der Waals surface area (Å²) in [5.74, 6) is 0.732. The molecule has 0 radical (unpaired) electrons. The molecule has 4 nitrogen and oxygen atoms in total. The lowest BCUT2D eigenvalue weighted by atomic mass is 9.88. The molecule has 1 fully saturated rings. The molecule has 1 saturated heterocycles. The van der Waals surface area contributed by atoms with Gasteiger partial charge in [-0.05, 0) is 25.9 Å².